The quantitative estimate of drug-likeness (QED) is 0.0142. The zero-order valence-corrected chi connectivity index (χ0v) is 65.8. The Morgan fingerprint density at radius 3 is 1.01 bits per heavy atom. The Labute approximate surface area is 665 Å². The number of hydrogen-bond donors (Lipinski definition) is 15. The van der Waals surface area contributed by atoms with Gasteiger partial charge in [0.1, 0.15) is 34.2 Å². The summed E-state index contributed by atoms with van der Waals surface area (Å²) < 4.78 is 12.0. The molecule has 0 bridgehead atoms. The van der Waals surface area contributed by atoms with Gasteiger partial charge in [-0.3, -0.25) is 72.3 Å². The van der Waals surface area contributed by atoms with Crippen LogP contribution < -0.4 is 74.6 Å². The zero-order chi connectivity index (χ0) is 84.0. The van der Waals surface area contributed by atoms with E-state index in [0.717, 1.165) is 25.8 Å². The lowest BCUT2D eigenvalue weighted by molar-refractivity contribution is -0.129. The van der Waals surface area contributed by atoms with Gasteiger partial charge in [0.2, 0.25) is 41.2 Å². The van der Waals surface area contributed by atoms with E-state index in [1.165, 1.54) is 107 Å². The first kappa shape index (κ1) is 85.8. The van der Waals surface area contributed by atoms with E-state index in [2.05, 4.69) is 79.1 Å². The van der Waals surface area contributed by atoms with Crippen LogP contribution >= 0.6 is 0 Å². The molecular formula is C76H95N25O15. The molecule has 8 heterocycles. The lowest BCUT2D eigenvalue weighted by atomic mass is 10.1. The van der Waals surface area contributed by atoms with Crippen LogP contribution in [0.3, 0.4) is 0 Å². The summed E-state index contributed by atoms with van der Waals surface area (Å²) in [4.78, 5) is 192. The van der Waals surface area contributed by atoms with E-state index in [1.54, 1.807) is 102 Å². The Kier molecular flexibility index (Phi) is 29.5. The summed E-state index contributed by atoms with van der Waals surface area (Å²) in [5.74, 6) is -6.65. The minimum absolute atomic E-state index is 0.00935. The first-order valence-electron chi connectivity index (χ1n) is 36.9. The molecule has 0 aliphatic carbocycles. The number of amides is 14. The number of nitrogens with zero attached hydrogens (tertiary/aromatic N) is 11. The second kappa shape index (κ2) is 39.8. The molecule has 9 aromatic rings. The van der Waals surface area contributed by atoms with E-state index in [4.69, 9.17) is 5.21 Å². The molecule has 8 aromatic heterocycles. The van der Waals surface area contributed by atoms with Crippen molar-refractivity contribution in [1.29, 1.82) is 0 Å². The monoisotopic (exact) mass is 1600 g/mol. The predicted octanol–water partition coefficient (Wildman–Crippen LogP) is 4.58. The van der Waals surface area contributed by atoms with Gasteiger partial charge in [0.15, 0.2) is 11.6 Å². The Balaban J connectivity index is 0.646. The van der Waals surface area contributed by atoms with Gasteiger partial charge >= 0.3 is 0 Å². The molecule has 9 rings (SSSR count). The molecule has 1 aromatic carbocycles. The van der Waals surface area contributed by atoms with E-state index in [0.29, 0.717) is 47.7 Å². The van der Waals surface area contributed by atoms with Crippen LogP contribution in [-0.2, 0) is 80.4 Å². The molecule has 40 nitrogen and oxygen atoms in total. The molecule has 0 spiro atoms. The van der Waals surface area contributed by atoms with E-state index in [1.807, 2.05) is 19.0 Å². The number of unbranched alkanes of at least 4 members (excludes halogenated alkanes) is 3. The molecule has 0 aliphatic heterocycles. The number of carbonyl (C=O) groups is 14. The fraction of sp³-hybridized carbons (Fsp3) is 0.342. The zero-order valence-electron chi connectivity index (χ0n) is 65.8. The van der Waals surface area contributed by atoms with E-state index in [9.17, 15) is 67.1 Å². The molecule has 0 unspecified atom stereocenters. The van der Waals surface area contributed by atoms with Gasteiger partial charge in [-0.15, -0.1) is 0 Å². The summed E-state index contributed by atoms with van der Waals surface area (Å²) in [6.45, 7) is 1.38. The standard InChI is InChI=1S/C76H95N25O15/c1-93(2)30-16-27-79-70(109)54-32-48(38-95(54)4)83-72(111)56-34-50(40-97(56)6)85-73(112)57-35-51(41-98(57)7)86-75(114)66-90-59(43-100(66)9)88-63(104)19-15-26-78-69(108)53-31-47(37-94(53)3)82-71(110)55-33-49(39-96(55)5)84-74(113)58-36-52(42-99(58)8)87-76(115)67-91-60(44-101(67)10)89-64(105)25-28-77-61(102)24-29-80-68(107)45-20-22-46(23-21-45)81-62(103)17-13-11-12-14-18-65(106)92-116/h20-23,31-44,116H,11-19,24-30H2,1-10H3,(H,77,102)(H,78,108)(H,79,109)(H,80,107)(H,81,103)(H,82,110)(H,83,111)(H,84,113)(H,85,112)(H,86,114)(H,87,115)(H,88,104)(H,89,105)(H,92,106). The van der Waals surface area contributed by atoms with Crippen molar-refractivity contribution in [3.63, 3.8) is 0 Å². The molecule has 0 fully saturated rings. The van der Waals surface area contributed by atoms with Gasteiger partial charge in [0, 0.05) is 175 Å². The number of anilines is 9. The molecule has 40 heteroatoms. The van der Waals surface area contributed by atoms with Gasteiger partial charge in [-0.05, 0) is 107 Å². The lowest BCUT2D eigenvalue weighted by Gasteiger charge is -2.10. The average molecular weight is 1600 g/mol. The maximum atomic E-state index is 13.6. The van der Waals surface area contributed by atoms with Crippen molar-refractivity contribution < 1.29 is 72.3 Å². The maximum absolute atomic E-state index is 13.6. The number of rotatable bonds is 39. The van der Waals surface area contributed by atoms with Crippen molar-refractivity contribution in [2.45, 2.75) is 70.6 Å². The summed E-state index contributed by atoms with van der Waals surface area (Å²) in [5, 5.41) is 44.1. The highest BCUT2D eigenvalue weighted by Gasteiger charge is 2.25. The Morgan fingerprint density at radius 2 is 0.621 bits per heavy atom. The summed E-state index contributed by atoms with van der Waals surface area (Å²) in [6.07, 6.45) is 16.1. The maximum Gasteiger partial charge on any atom is 0.291 e. The molecule has 0 aliphatic rings. The van der Waals surface area contributed by atoms with Crippen LogP contribution in [0, 0.1) is 0 Å². The van der Waals surface area contributed by atoms with Crippen LogP contribution in [0.2, 0.25) is 0 Å². The highest BCUT2D eigenvalue weighted by Crippen LogP contribution is 2.25. The Morgan fingerprint density at radius 1 is 0.302 bits per heavy atom. The van der Waals surface area contributed by atoms with Crippen LogP contribution in [0.4, 0.5) is 51.4 Å². The van der Waals surface area contributed by atoms with Crippen molar-refractivity contribution in [2.24, 2.45) is 56.4 Å². The van der Waals surface area contributed by atoms with Crippen molar-refractivity contribution in [3.8, 4) is 0 Å². The Bertz CT molecular complexity index is 5170. The van der Waals surface area contributed by atoms with Crippen LogP contribution in [0.5, 0.6) is 0 Å². The largest absolute Gasteiger partial charge is 0.356 e. The second-order valence-corrected chi connectivity index (χ2v) is 27.7. The molecule has 116 heavy (non-hydrogen) atoms. The van der Waals surface area contributed by atoms with E-state index >= 15 is 0 Å². The summed E-state index contributed by atoms with van der Waals surface area (Å²) in [7, 11) is 16.8. The Hall–Kier alpha value is -14.2. The molecule has 0 radical (unpaired) electrons. The summed E-state index contributed by atoms with van der Waals surface area (Å²) >= 11 is 0. The predicted molar refractivity (Wildman–Crippen MR) is 428 cm³/mol. The van der Waals surface area contributed by atoms with E-state index in [-0.39, 0.29) is 144 Å². The number of nitrogens with one attached hydrogen (secondary N) is 14. The van der Waals surface area contributed by atoms with Crippen molar-refractivity contribution in [1.82, 2.24) is 78.2 Å². The third-order valence-electron chi connectivity index (χ3n) is 18.0. The van der Waals surface area contributed by atoms with Gasteiger partial charge in [0.25, 0.3) is 53.2 Å². The SMILES string of the molecule is CN(C)CCCNC(=O)c1cc(NC(=O)c2cc(NC(=O)c3cc(NC(=O)c4nc(NC(=O)CCCNC(=O)c5cc(NC(=O)c6cc(NC(=O)c7cc(NC(=O)c8nc(NC(=O)CCNC(=O)CCNC(=O)c9ccc(NC(=O)CCCCCCC(=O)NO)cc9)cn8C)cn7C)cn6C)cn5C)cn4C)cn3C)cn2C)cn1C. The first-order valence-corrected chi connectivity index (χ1v) is 36.9. The molecule has 14 amide bonds. The normalized spacial score (nSPS) is 11.0. The van der Waals surface area contributed by atoms with Crippen molar-refractivity contribution >= 4 is 134 Å². The second-order valence-electron chi connectivity index (χ2n) is 27.7. The number of hydroxylamine groups is 1. The number of hydrogen-bond acceptors (Lipinski definition) is 18. The molecule has 0 saturated heterocycles. The minimum atomic E-state index is -0.665. The molecule has 0 atom stereocenters. The molecule has 0 saturated carbocycles. The number of benzene rings is 1. The van der Waals surface area contributed by atoms with Gasteiger partial charge < -0.3 is 111 Å². The third-order valence-corrected chi connectivity index (χ3v) is 18.0. The van der Waals surface area contributed by atoms with Crippen LogP contribution in [-0.4, -0.2) is 186 Å². The van der Waals surface area contributed by atoms with Crippen LogP contribution in [0.25, 0.3) is 0 Å². The van der Waals surface area contributed by atoms with Gasteiger partial charge in [-0.2, -0.15) is 0 Å². The van der Waals surface area contributed by atoms with Crippen LogP contribution in [0.15, 0.2) is 110 Å². The van der Waals surface area contributed by atoms with Gasteiger partial charge in [-0.1, -0.05) is 12.8 Å². The number of imidazole rings is 2. The number of aryl methyl sites for hydroxylation is 8. The molecule has 15 N–H and O–H groups in total. The third kappa shape index (κ3) is 24.2. The summed E-state index contributed by atoms with van der Waals surface area (Å²) in [5.41, 5.74) is 5.43. The highest BCUT2D eigenvalue weighted by molar-refractivity contribution is 6.11. The van der Waals surface area contributed by atoms with Crippen LogP contribution in [0.1, 0.15) is 165 Å². The first-order chi connectivity index (χ1) is 55.3. The minimum Gasteiger partial charge on any atom is -0.356 e. The van der Waals surface area contributed by atoms with Crippen molar-refractivity contribution in [3.05, 3.63) is 162 Å². The topological polar surface area (TPSA) is 496 Å². The molecular weight excluding hydrogens is 1500 g/mol. The van der Waals surface area contributed by atoms with E-state index < -0.39 is 70.9 Å². The number of carbonyl (C=O) groups excluding carboxylic acids is 14. The van der Waals surface area contributed by atoms with Crippen molar-refractivity contribution in [2.75, 3.05) is 94.7 Å². The average Bonchev–Trinajstić information content (AvgIpc) is 1.67. The number of aromatic nitrogens is 10. The smallest absolute Gasteiger partial charge is 0.291 e. The highest BCUT2D eigenvalue weighted by atomic mass is 16.5. The lowest BCUT2D eigenvalue weighted by Crippen LogP contribution is -2.32. The molecule has 614 valence electrons. The van der Waals surface area contributed by atoms with Gasteiger partial charge in [-0.25, -0.2) is 15.4 Å². The van der Waals surface area contributed by atoms with Gasteiger partial charge in [0.05, 0.1) is 34.1 Å². The summed E-state index contributed by atoms with van der Waals surface area (Å²) in [6, 6.07) is 15.1. The fourth-order valence-electron chi connectivity index (χ4n) is 12.1. The fourth-order valence-corrected chi connectivity index (χ4v) is 12.1.